The molecule has 0 radical (unpaired) electrons. The molecule has 0 fully saturated rings. The van der Waals surface area contributed by atoms with Gasteiger partial charge in [-0.1, -0.05) is 18.2 Å². The molecule has 0 aliphatic heterocycles. The first-order valence-corrected chi connectivity index (χ1v) is 8.06. The van der Waals surface area contributed by atoms with Gasteiger partial charge in [0, 0.05) is 25.0 Å². The van der Waals surface area contributed by atoms with E-state index in [4.69, 9.17) is 4.74 Å². The van der Waals surface area contributed by atoms with Gasteiger partial charge in [0.15, 0.2) is 6.10 Å². The maximum atomic E-state index is 12.2. The summed E-state index contributed by atoms with van der Waals surface area (Å²) in [6.07, 6.45) is 2.91. The lowest BCUT2D eigenvalue weighted by molar-refractivity contribution is -0.127. The summed E-state index contributed by atoms with van der Waals surface area (Å²) in [6, 6.07) is 15.1. The smallest absolute Gasteiger partial charge is 0.261 e. The van der Waals surface area contributed by atoms with E-state index in [1.165, 1.54) is 0 Å². The zero-order valence-corrected chi connectivity index (χ0v) is 14.2. The predicted octanol–water partition coefficient (Wildman–Crippen LogP) is 2.57. The van der Waals surface area contributed by atoms with E-state index in [-0.39, 0.29) is 5.91 Å². The van der Waals surface area contributed by atoms with E-state index in [0.717, 1.165) is 17.0 Å². The highest BCUT2D eigenvalue weighted by Crippen LogP contribution is 2.17. The van der Waals surface area contributed by atoms with Crippen LogP contribution in [0.5, 0.6) is 5.75 Å². The quantitative estimate of drug-likeness (QED) is 0.751. The molecule has 2 heterocycles. The number of carbonyl (C=O) groups excluding carboxylic acids is 1. The maximum Gasteiger partial charge on any atom is 0.261 e. The molecule has 1 atom stereocenters. The third-order valence-electron chi connectivity index (χ3n) is 3.80. The van der Waals surface area contributed by atoms with Crippen LogP contribution in [0.2, 0.25) is 0 Å². The van der Waals surface area contributed by atoms with E-state index < -0.39 is 6.10 Å². The maximum absolute atomic E-state index is 12.2. The minimum absolute atomic E-state index is 0.173. The molecule has 3 aromatic rings. The number of pyridine rings is 1. The topological polar surface area (TPSA) is 69.0 Å². The lowest BCUT2D eigenvalue weighted by Crippen LogP contribution is -2.36. The van der Waals surface area contributed by atoms with Crippen LogP contribution >= 0.6 is 0 Å². The summed E-state index contributed by atoms with van der Waals surface area (Å²) in [6.45, 7) is 2.11. The number of hydrogen-bond acceptors (Lipinski definition) is 4. The van der Waals surface area contributed by atoms with Crippen molar-refractivity contribution in [2.75, 3.05) is 0 Å². The van der Waals surface area contributed by atoms with Crippen LogP contribution in [0.1, 0.15) is 12.6 Å². The van der Waals surface area contributed by atoms with Gasteiger partial charge in [-0.2, -0.15) is 5.10 Å². The normalized spacial score (nSPS) is 11.8. The number of amides is 1. The Morgan fingerprint density at radius 2 is 2.04 bits per heavy atom. The Kier molecular flexibility index (Phi) is 5.09. The van der Waals surface area contributed by atoms with Crippen molar-refractivity contribution in [2.45, 2.75) is 19.6 Å². The molecule has 2 aromatic heterocycles. The van der Waals surface area contributed by atoms with Crippen LogP contribution in [0.25, 0.3) is 11.3 Å². The van der Waals surface area contributed by atoms with Crippen LogP contribution in [0.3, 0.4) is 0 Å². The van der Waals surface area contributed by atoms with Crippen molar-refractivity contribution < 1.29 is 9.53 Å². The summed E-state index contributed by atoms with van der Waals surface area (Å²) < 4.78 is 7.38. The molecule has 3 rings (SSSR count). The number of ether oxygens (including phenoxy) is 1. The molecule has 1 aromatic carbocycles. The molecule has 0 bridgehead atoms. The SMILES string of the molecule is C[C@H](Oc1ccccc1)C(=O)NCc1cc(-c2cccnc2)nn1C. The fourth-order valence-corrected chi connectivity index (χ4v) is 2.40. The molecule has 6 nitrogen and oxygen atoms in total. The molecule has 0 saturated heterocycles. The number of aromatic nitrogens is 3. The van der Waals surface area contributed by atoms with Crippen LogP contribution < -0.4 is 10.1 Å². The number of rotatable bonds is 6. The van der Waals surface area contributed by atoms with Gasteiger partial charge in [-0.3, -0.25) is 14.5 Å². The highest BCUT2D eigenvalue weighted by atomic mass is 16.5. The zero-order chi connectivity index (χ0) is 17.6. The summed E-state index contributed by atoms with van der Waals surface area (Å²) in [4.78, 5) is 16.3. The summed E-state index contributed by atoms with van der Waals surface area (Å²) in [5.74, 6) is 0.498. The molecule has 0 aliphatic rings. The number of nitrogens with zero attached hydrogens (tertiary/aromatic N) is 3. The lowest BCUT2D eigenvalue weighted by atomic mass is 10.2. The highest BCUT2D eigenvalue weighted by molar-refractivity contribution is 5.80. The van der Waals surface area contributed by atoms with E-state index in [1.54, 1.807) is 24.0 Å². The Morgan fingerprint density at radius 3 is 2.76 bits per heavy atom. The fraction of sp³-hybridized carbons (Fsp3) is 0.211. The first-order valence-electron chi connectivity index (χ1n) is 8.06. The molecular formula is C19H20N4O2. The Bertz CT molecular complexity index is 831. The molecule has 6 heteroatoms. The fourth-order valence-electron chi connectivity index (χ4n) is 2.40. The standard InChI is InChI=1S/C19H20N4O2/c1-14(25-17-8-4-3-5-9-17)19(24)21-13-16-11-18(22-23(16)2)15-7-6-10-20-12-15/h3-12,14H,13H2,1-2H3,(H,21,24)/t14-/m0/s1. The molecule has 25 heavy (non-hydrogen) atoms. The molecular weight excluding hydrogens is 316 g/mol. The van der Waals surface area contributed by atoms with Gasteiger partial charge in [-0.05, 0) is 37.3 Å². The summed E-state index contributed by atoms with van der Waals surface area (Å²) in [7, 11) is 1.85. The molecule has 1 amide bonds. The van der Waals surface area contributed by atoms with Crippen molar-refractivity contribution >= 4 is 5.91 Å². The molecule has 0 aliphatic carbocycles. The second kappa shape index (κ2) is 7.61. The Hall–Kier alpha value is -3.15. The minimum atomic E-state index is -0.576. The molecule has 0 spiro atoms. The van der Waals surface area contributed by atoms with Gasteiger partial charge in [0.2, 0.25) is 0 Å². The number of benzene rings is 1. The van der Waals surface area contributed by atoms with Gasteiger partial charge in [0.1, 0.15) is 5.75 Å². The van der Waals surface area contributed by atoms with Crippen LogP contribution in [-0.4, -0.2) is 26.8 Å². The first kappa shape index (κ1) is 16.7. The van der Waals surface area contributed by atoms with Crippen molar-refractivity contribution in [1.82, 2.24) is 20.1 Å². The van der Waals surface area contributed by atoms with Gasteiger partial charge in [-0.15, -0.1) is 0 Å². The van der Waals surface area contributed by atoms with Gasteiger partial charge >= 0.3 is 0 Å². The monoisotopic (exact) mass is 336 g/mol. The largest absolute Gasteiger partial charge is 0.481 e. The van der Waals surface area contributed by atoms with E-state index in [1.807, 2.05) is 55.6 Å². The molecule has 1 N–H and O–H groups in total. The van der Waals surface area contributed by atoms with E-state index >= 15 is 0 Å². The van der Waals surface area contributed by atoms with E-state index in [2.05, 4.69) is 15.4 Å². The van der Waals surface area contributed by atoms with Crippen molar-refractivity contribution in [3.05, 3.63) is 66.6 Å². The average Bonchev–Trinajstić information content (AvgIpc) is 3.02. The number of aryl methyl sites for hydroxylation is 1. The van der Waals surface area contributed by atoms with Crippen LogP contribution in [-0.2, 0) is 18.4 Å². The molecule has 128 valence electrons. The third-order valence-corrected chi connectivity index (χ3v) is 3.80. The zero-order valence-electron chi connectivity index (χ0n) is 14.2. The van der Waals surface area contributed by atoms with Gasteiger partial charge in [-0.25, -0.2) is 0 Å². The summed E-state index contributed by atoms with van der Waals surface area (Å²) in [5.41, 5.74) is 2.67. The third kappa shape index (κ3) is 4.23. The van der Waals surface area contributed by atoms with Crippen molar-refractivity contribution in [3.63, 3.8) is 0 Å². The second-order valence-electron chi connectivity index (χ2n) is 5.68. The van der Waals surface area contributed by atoms with Gasteiger partial charge < -0.3 is 10.1 Å². The number of carbonyl (C=O) groups is 1. The van der Waals surface area contributed by atoms with Crippen molar-refractivity contribution in [3.8, 4) is 17.0 Å². The number of para-hydroxylation sites is 1. The van der Waals surface area contributed by atoms with E-state index in [0.29, 0.717) is 12.3 Å². The van der Waals surface area contributed by atoms with E-state index in [9.17, 15) is 4.79 Å². The Balaban J connectivity index is 1.60. The van der Waals surface area contributed by atoms with Crippen LogP contribution in [0.4, 0.5) is 0 Å². The first-order chi connectivity index (χ1) is 12.1. The predicted molar refractivity (Wildman–Crippen MR) is 94.8 cm³/mol. The van der Waals surface area contributed by atoms with Crippen LogP contribution in [0, 0.1) is 0 Å². The number of nitrogens with one attached hydrogen (secondary N) is 1. The lowest BCUT2D eigenvalue weighted by Gasteiger charge is -2.14. The molecule has 0 saturated carbocycles. The van der Waals surface area contributed by atoms with Crippen molar-refractivity contribution in [1.29, 1.82) is 0 Å². The Morgan fingerprint density at radius 1 is 1.24 bits per heavy atom. The molecule has 0 unspecified atom stereocenters. The van der Waals surface area contributed by atoms with Crippen molar-refractivity contribution in [2.24, 2.45) is 7.05 Å². The summed E-state index contributed by atoms with van der Waals surface area (Å²) in [5, 5.41) is 7.35. The van der Waals surface area contributed by atoms with Crippen LogP contribution in [0.15, 0.2) is 60.9 Å². The summed E-state index contributed by atoms with van der Waals surface area (Å²) >= 11 is 0. The van der Waals surface area contributed by atoms with Gasteiger partial charge in [0.05, 0.1) is 17.9 Å². The number of hydrogen-bond donors (Lipinski definition) is 1. The minimum Gasteiger partial charge on any atom is -0.481 e. The van der Waals surface area contributed by atoms with Gasteiger partial charge in [0.25, 0.3) is 5.91 Å². The highest BCUT2D eigenvalue weighted by Gasteiger charge is 2.15. The Labute approximate surface area is 146 Å². The second-order valence-corrected chi connectivity index (χ2v) is 5.68. The average molecular weight is 336 g/mol.